The van der Waals surface area contributed by atoms with Crippen LogP contribution in [0.1, 0.15) is 19.3 Å². The van der Waals surface area contributed by atoms with E-state index in [1.165, 1.54) is 0 Å². The first-order chi connectivity index (χ1) is 7.86. The molecule has 0 aliphatic rings. The summed E-state index contributed by atoms with van der Waals surface area (Å²) in [6, 6.07) is 9.86. The van der Waals surface area contributed by atoms with Crippen LogP contribution in [0.4, 0.5) is 0 Å². The Morgan fingerprint density at radius 2 is 1.69 bits per heavy atom. The third kappa shape index (κ3) is 5.14. The molecule has 0 saturated heterocycles. The zero-order chi connectivity index (χ0) is 11.6. The molecule has 16 heavy (non-hydrogen) atoms. The Balaban J connectivity index is 2.04. The van der Waals surface area contributed by atoms with E-state index in [1.807, 2.05) is 30.3 Å². The van der Waals surface area contributed by atoms with Gasteiger partial charge in [-0.3, -0.25) is 0 Å². The maximum Gasteiger partial charge on any atom is 0.156 e. The second kappa shape index (κ2) is 8.13. The van der Waals surface area contributed by atoms with Gasteiger partial charge in [-0.05, 0) is 31.4 Å². The lowest BCUT2D eigenvalue weighted by Crippen LogP contribution is -2.12. The van der Waals surface area contributed by atoms with Crippen molar-refractivity contribution >= 4 is 0 Å². The molecule has 0 atom stereocenters. The molecule has 90 valence electrons. The minimum absolute atomic E-state index is 0.0864. The molecule has 0 heterocycles. The number of para-hydroxylation sites is 1. The number of rotatable bonds is 8. The molecule has 1 aromatic carbocycles. The number of benzene rings is 1. The summed E-state index contributed by atoms with van der Waals surface area (Å²) in [6.07, 6.45) is 2.87. The van der Waals surface area contributed by atoms with E-state index >= 15 is 0 Å². The first-order valence-corrected chi connectivity index (χ1v) is 5.60. The molecular formula is C13H20O3. The molecule has 1 rings (SSSR count). The molecule has 0 spiro atoms. The van der Waals surface area contributed by atoms with Crippen LogP contribution in [0.2, 0.25) is 0 Å². The van der Waals surface area contributed by atoms with Crippen molar-refractivity contribution in [3.8, 4) is 5.75 Å². The molecule has 0 aromatic heterocycles. The van der Waals surface area contributed by atoms with E-state index in [-0.39, 0.29) is 6.29 Å². The summed E-state index contributed by atoms with van der Waals surface area (Å²) in [4.78, 5) is 0. The number of methoxy groups -OCH3 is 2. The minimum atomic E-state index is -0.0864. The largest absolute Gasteiger partial charge is 0.494 e. The van der Waals surface area contributed by atoms with Crippen LogP contribution in [-0.4, -0.2) is 27.1 Å². The van der Waals surface area contributed by atoms with Crippen molar-refractivity contribution in [3.63, 3.8) is 0 Å². The van der Waals surface area contributed by atoms with Crippen molar-refractivity contribution in [3.05, 3.63) is 30.3 Å². The number of ether oxygens (including phenoxy) is 3. The van der Waals surface area contributed by atoms with Gasteiger partial charge in [0.2, 0.25) is 0 Å². The maximum atomic E-state index is 5.57. The summed E-state index contributed by atoms with van der Waals surface area (Å²) >= 11 is 0. The second-order valence-electron chi connectivity index (χ2n) is 3.56. The van der Waals surface area contributed by atoms with Crippen molar-refractivity contribution in [2.45, 2.75) is 25.6 Å². The monoisotopic (exact) mass is 224 g/mol. The lowest BCUT2D eigenvalue weighted by atomic mass is 10.2. The molecule has 0 radical (unpaired) electrons. The zero-order valence-corrected chi connectivity index (χ0v) is 10.0. The van der Waals surface area contributed by atoms with Crippen LogP contribution in [0.5, 0.6) is 5.75 Å². The van der Waals surface area contributed by atoms with Crippen LogP contribution in [-0.2, 0) is 9.47 Å². The Morgan fingerprint density at radius 3 is 2.31 bits per heavy atom. The van der Waals surface area contributed by atoms with E-state index < -0.39 is 0 Å². The van der Waals surface area contributed by atoms with E-state index in [9.17, 15) is 0 Å². The standard InChI is InChI=1S/C13H20O3/c1-14-13(15-2)10-6-7-11-16-12-8-4-3-5-9-12/h3-5,8-9,13H,6-7,10-11H2,1-2H3. The molecule has 0 saturated carbocycles. The average molecular weight is 224 g/mol. The first-order valence-electron chi connectivity index (χ1n) is 5.60. The Morgan fingerprint density at radius 1 is 1.00 bits per heavy atom. The van der Waals surface area contributed by atoms with Gasteiger partial charge in [0.05, 0.1) is 6.61 Å². The van der Waals surface area contributed by atoms with E-state index in [2.05, 4.69) is 0 Å². The summed E-state index contributed by atoms with van der Waals surface area (Å²) in [5.74, 6) is 0.928. The van der Waals surface area contributed by atoms with Gasteiger partial charge < -0.3 is 14.2 Å². The van der Waals surface area contributed by atoms with Gasteiger partial charge in [-0.25, -0.2) is 0 Å². The third-order valence-electron chi connectivity index (χ3n) is 2.37. The highest BCUT2D eigenvalue weighted by Gasteiger charge is 2.03. The summed E-state index contributed by atoms with van der Waals surface area (Å²) in [6.45, 7) is 0.740. The molecule has 0 aliphatic heterocycles. The summed E-state index contributed by atoms with van der Waals surface area (Å²) in [7, 11) is 3.32. The molecule has 0 fully saturated rings. The highest BCUT2D eigenvalue weighted by molar-refractivity contribution is 5.20. The van der Waals surface area contributed by atoms with Gasteiger partial charge in [0.25, 0.3) is 0 Å². The maximum absolute atomic E-state index is 5.57. The molecule has 3 nitrogen and oxygen atoms in total. The summed E-state index contributed by atoms with van der Waals surface area (Å²) < 4.78 is 15.8. The van der Waals surface area contributed by atoms with Gasteiger partial charge in [-0.15, -0.1) is 0 Å². The topological polar surface area (TPSA) is 27.7 Å². The van der Waals surface area contributed by atoms with Gasteiger partial charge >= 0.3 is 0 Å². The fourth-order valence-electron chi connectivity index (χ4n) is 1.45. The molecule has 0 unspecified atom stereocenters. The SMILES string of the molecule is COC(CCCCOc1ccccc1)OC. The molecule has 3 heteroatoms. The van der Waals surface area contributed by atoms with E-state index in [0.717, 1.165) is 31.6 Å². The Labute approximate surface area is 97.3 Å². The van der Waals surface area contributed by atoms with Gasteiger partial charge in [0.1, 0.15) is 5.75 Å². The Bertz CT molecular complexity index is 257. The predicted molar refractivity (Wildman–Crippen MR) is 63.6 cm³/mol. The van der Waals surface area contributed by atoms with Crippen molar-refractivity contribution in [2.75, 3.05) is 20.8 Å². The molecule has 0 bridgehead atoms. The van der Waals surface area contributed by atoms with Gasteiger partial charge in [-0.1, -0.05) is 18.2 Å². The molecule has 0 aliphatic carbocycles. The average Bonchev–Trinajstić information content (AvgIpc) is 2.35. The summed E-state index contributed by atoms with van der Waals surface area (Å²) in [5, 5.41) is 0. The lowest BCUT2D eigenvalue weighted by Gasteiger charge is -2.12. The van der Waals surface area contributed by atoms with E-state index in [0.29, 0.717) is 0 Å². The van der Waals surface area contributed by atoms with Crippen molar-refractivity contribution in [1.29, 1.82) is 0 Å². The molecule has 0 N–H and O–H groups in total. The fraction of sp³-hybridized carbons (Fsp3) is 0.538. The highest BCUT2D eigenvalue weighted by Crippen LogP contribution is 2.10. The van der Waals surface area contributed by atoms with E-state index in [4.69, 9.17) is 14.2 Å². The van der Waals surface area contributed by atoms with Crippen molar-refractivity contribution in [2.24, 2.45) is 0 Å². The van der Waals surface area contributed by atoms with Crippen LogP contribution < -0.4 is 4.74 Å². The van der Waals surface area contributed by atoms with Gasteiger partial charge in [-0.2, -0.15) is 0 Å². The first kappa shape index (κ1) is 13.0. The second-order valence-corrected chi connectivity index (χ2v) is 3.56. The molecule has 0 amide bonds. The van der Waals surface area contributed by atoms with Crippen LogP contribution in [0.15, 0.2) is 30.3 Å². The molecular weight excluding hydrogens is 204 g/mol. The highest BCUT2D eigenvalue weighted by atomic mass is 16.7. The number of unbranched alkanes of at least 4 members (excludes halogenated alkanes) is 1. The van der Waals surface area contributed by atoms with Crippen molar-refractivity contribution in [1.82, 2.24) is 0 Å². The number of hydrogen-bond donors (Lipinski definition) is 0. The zero-order valence-electron chi connectivity index (χ0n) is 10.0. The van der Waals surface area contributed by atoms with E-state index in [1.54, 1.807) is 14.2 Å². The lowest BCUT2D eigenvalue weighted by molar-refractivity contribution is -0.107. The van der Waals surface area contributed by atoms with Gasteiger partial charge in [0, 0.05) is 14.2 Å². The minimum Gasteiger partial charge on any atom is -0.494 e. The summed E-state index contributed by atoms with van der Waals surface area (Å²) in [5.41, 5.74) is 0. The normalized spacial score (nSPS) is 10.7. The number of hydrogen-bond acceptors (Lipinski definition) is 3. The molecule has 1 aromatic rings. The van der Waals surface area contributed by atoms with Crippen LogP contribution in [0, 0.1) is 0 Å². The van der Waals surface area contributed by atoms with Crippen molar-refractivity contribution < 1.29 is 14.2 Å². The quantitative estimate of drug-likeness (QED) is 0.502. The fourth-order valence-corrected chi connectivity index (χ4v) is 1.45. The third-order valence-corrected chi connectivity index (χ3v) is 2.37. The van der Waals surface area contributed by atoms with Crippen LogP contribution in [0.25, 0.3) is 0 Å². The smallest absolute Gasteiger partial charge is 0.156 e. The van der Waals surface area contributed by atoms with Gasteiger partial charge in [0.15, 0.2) is 6.29 Å². The predicted octanol–water partition coefficient (Wildman–Crippen LogP) is 2.85. The van der Waals surface area contributed by atoms with Crippen LogP contribution >= 0.6 is 0 Å². The van der Waals surface area contributed by atoms with Crippen LogP contribution in [0.3, 0.4) is 0 Å². The Kier molecular flexibility index (Phi) is 6.61. The Hall–Kier alpha value is -1.06.